The van der Waals surface area contributed by atoms with E-state index in [-0.39, 0.29) is 0 Å². The number of allylic oxidation sites excluding steroid dienone is 5. The third kappa shape index (κ3) is 6.28. The van der Waals surface area contributed by atoms with E-state index in [1.54, 1.807) is 0 Å². The molecular weight excluding hydrogens is 761 g/mol. The molecule has 0 atom stereocenters. The maximum Gasteiger partial charge on any atom is 0.0974 e. The van der Waals surface area contributed by atoms with Crippen molar-refractivity contribution in [2.75, 3.05) is 4.90 Å². The lowest BCUT2D eigenvalue weighted by Gasteiger charge is -2.34. The predicted molar refractivity (Wildman–Crippen MR) is 264 cm³/mol. The van der Waals surface area contributed by atoms with Gasteiger partial charge in [-0.1, -0.05) is 170 Å². The topological polar surface area (TPSA) is 8.17 Å². The molecule has 9 aromatic rings. The van der Waals surface area contributed by atoms with Crippen LogP contribution in [0.4, 0.5) is 11.4 Å². The lowest BCUT2D eigenvalue weighted by atomic mass is 9.68. The Bertz CT molecular complexity index is 3200. The number of nitrogens with zero attached hydrogens (tertiary/aromatic N) is 2. The minimum Gasteiger partial charge on any atom is -0.310 e. The minimum atomic E-state index is -0.548. The van der Waals surface area contributed by atoms with Crippen LogP contribution in [0.15, 0.2) is 218 Å². The van der Waals surface area contributed by atoms with Crippen molar-refractivity contribution in [3.63, 3.8) is 0 Å². The Morgan fingerprint density at radius 3 is 2.05 bits per heavy atom. The summed E-state index contributed by atoms with van der Waals surface area (Å²) in [5, 5.41) is 1.32. The van der Waals surface area contributed by atoms with E-state index in [1.807, 2.05) is 0 Å². The van der Waals surface area contributed by atoms with E-state index in [0.29, 0.717) is 0 Å². The van der Waals surface area contributed by atoms with Gasteiger partial charge in [0.05, 0.1) is 22.3 Å². The maximum absolute atomic E-state index is 3.75. The molecule has 2 aliphatic carbocycles. The Morgan fingerprint density at radius 2 is 1.29 bits per heavy atom. The van der Waals surface area contributed by atoms with Crippen molar-refractivity contribution in [2.24, 2.45) is 0 Å². The average molecular weight is 807 g/mol. The summed E-state index contributed by atoms with van der Waals surface area (Å²) in [6.07, 6.45) is 13.1. The molecule has 0 unspecified atom stereocenters. The summed E-state index contributed by atoms with van der Waals surface area (Å²) < 4.78 is 2.42. The van der Waals surface area contributed by atoms with Crippen LogP contribution in [0.3, 0.4) is 0 Å². The molecule has 0 radical (unpaired) electrons. The number of aromatic nitrogens is 1. The van der Waals surface area contributed by atoms with E-state index in [4.69, 9.17) is 0 Å². The fraction of sp³-hybridized carbons (Fsp3) is 0.0820. The van der Waals surface area contributed by atoms with E-state index in [0.717, 1.165) is 46.6 Å². The summed E-state index contributed by atoms with van der Waals surface area (Å²) in [7, 11) is 0. The van der Waals surface area contributed by atoms with Gasteiger partial charge in [-0.2, -0.15) is 0 Å². The van der Waals surface area contributed by atoms with Gasteiger partial charge in [0.15, 0.2) is 0 Å². The van der Waals surface area contributed by atoms with Crippen LogP contribution in [-0.2, 0) is 11.8 Å². The van der Waals surface area contributed by atoms with Crippen LogP contribution in [0.2, 0.25) is 0 Å². The molecule has 0 bridgehead atoms. The van der Waals surface area contributed by atoms with Crippen molar-refractivity contribution in [1.29, 1.82) is 0 Å². The first-order valence-corrected chi connectivity index (χ1v) is 22.0. The standard InChI is InChI=1S/C61H46N2/c1-3-4-21-43(2)62(50-37-38-53-52-31-14-17-33-56(52)61(57(53)42-50,47-24-8-5-9-25-47)48-26-10-6-11-27-48)58-34-18-15-30-51(58)46-23-20-22-44(40-46)45-36-39-60-55(41-45)54-32-16-19-35-59(54)63(60)49-28-12-7-13-29-49/h3-15,17-31,33-36,39-42H,16,32H2,1-2H3/b4-3-,43-21+. The summed E-state index contributed by atoms with van der Waals surface area (Å²) >= 11 is 0. The summed E-state index contributed by atoms with van der Waals surface area (Å²) in [4.78, 5) is 2.36. The van der Waals surface area contributed by atoms with Gasteiger partial charge >= 0.3 is 0 Å². The number of anilines is 2. The predicted octanol–water partition coefficient (Wildman–Crippen LogP) is 15.5. The van der Waals surface area contributed by atoms with Gasteiger partial charge < -0.3 is 9.47 Å². The summed E-state index contributed by atoms with van der Waals surface area (Å²) in [6.45, 7) is 4.26. The van der Waals surface area contributed by atoms with Crippen molar-refractivity contribution in [3.05, 3.63) is 264 Å². The van der Waals surface area contributed by atoms with E-state index >= 15 is 0 Å². The first-order chi connectivity index (χ1) is 31.1. The van der Waals surface area contributed by atoms with Gasteiger partial charge in [0, 0.05) is 33.6 Å². The highest BCUT2D eigenvalue weighted by Gasteiger charge is 2.46. The zero-order valence-electron chi connectivity index (χ0n) is 35.6. The van der Waals surface area contributed by atoms with Crippen LogP contribution < -0.4 is 4.90 Å². The van der Waals surface area contributed by atoms with Gasteiger partial charge in [-0.3, -0.25) is 0 Å². The van der Waals surface area contributed by atoms with Crippen molar-refractivity contribution in [2.45, 2.75) is 32.1 Å². The molecule has 0 fully saturated rings. The van der Waals surface area contributed by atoms with E-state index in [1.165, 1.54) is 66.8 Å². The van der Waals surface area contributed by atoms with E-state index < -0.39 is 5.41 Å². The quantitative estimate of drug-likeness (QED) is 0.132. The second-order valence-electron chi connectivity index (χ2n) is 16.6. The van der Waals surface area contributed by atoms with Gasteiger partial charge in [0.2, 0.25) is 0 Å². The van der Waals surface area contributed by atoms with Crippen LogP contribution in [0.25, 0.3) is 56.0 Å². The highest BCUT2D eigenvalue weighted by Crippen LogP contribution is 2.56. The number of benzene rings is 7. The van der Waals surface area contributed by atoms with Gasteiger partial charge in [-0.15, -0.1) is 0 Å². The van der Waals surface area contributed by atoms with Crippen LogP contribution in [0, 0.1) is 12.1 Å². The zero-order valence-corrected chi connectivity index (χ0v) is 35.6. The fourth-order valence-corrected chi connectivity index (χ4v) is 10.3. The number of hydrogen-bond acceptors (Lipinski definition) is 1. The molecule has 2 heteroatoms. The molecule has 300 valence electrons. The summed E-state index contributed by atoms with van der Waals surface area (Å²) in [5.41, 5.74) is 19.6. The normalized spacial score (nSPS) is 13.7. The Labute approximate surface area is 371 Å². The molecule has 2 aliphatic rings. The zero-order chi connectivity index (χ0) is 42.3. The number of aryl methyl sites for hydroxylation is 1. The molecule has 63 heavy (non-hydrogen) atoms. The monoisotopic (exact) mass is 806 g/mol. The maximum atomic E-state index is 3.75. The van der Waals surface area contributed by atoms with Crippen LogP contribution >= 0.6 is 0 Å². The smallest absolute Gasteiger partial charge is 0.0974 e. The fourth-order valence-electron chi connectivity index (χ4n) is 10.3. The molecule has 0 amide bonds. The Kier molecular flexibility index (Phi) is 9.60. The third-order valence-electron chi connectivity index (χ3n) is 13.0. The minimum absolute atomic E-state index is 0.548. The van der Waals surface area contributed by atoms with Gasteiger partial charge in [0.1, 0.15) is 0 Å². The Hall–Kier alpha value is -7.86. The van der Waals surface area contributed by atoms with Crippen molar-refractivity contribution in [3.8, 4) is 39.1 Å². The SMILES string of the molecule is C/C=C\C=C(/C)N(c1c#cc2c(c1)C(c1ccccc1)(c1ccccc1)c1ccccc1-2)c1ccccc1-c1cccc(-c2ccc3c(c2)c2c(n3-c3ccccc3)C=CCC2)c1. The molecule has 0 saturated carbocycles. The van der Waals surface area contributed by atoms with E-state index in [2.05, 4.69) is 254 Å². The molecule has 0 N–H and O–H groups in total. The van der Waals surface area contributed by atoms with E-state index in [9.17, 15) is 0 Å². The second kappa shape index (κ2) is 15.9. The summed E-state index contributed by atoms with van der Waals surface area (Å²) in [6, 6.07) is 76.2. The molecule has 11 rings (SSSR count). The molecule has 1 heterocycles. The Balaban J connectivity index is 1.07. The molecular formula is C61H46N2. The molecule has 0 aliphatic heterocycles. The van der Waals surface area contributed by atoms with Crippen LogP contribution in [0.1, 0.15) is 53.8 Å². The van der Waals surface area contributed by atoms with Crippen molar-refractivity contribution >= 4 is 28.4 Å². The largest absolute Gasteiger partial charge is 0.310 e. The lowest BCUT2D eigenvalue weighted by Crippen LogP contribution is -2.28. The first kappa shape index (κ1) is 38.1. The Morgan fingerprint density at radius 1 is 0.619 bits per heavy atom. The molecule has 8 aromatic carbocycles. The van der Waals surface area contributed by atoms with Crippen molar-refractivity contribution in [1.82, 2.24) is 4.57 Å². The number of hydrogen-bond donors (Lipinski definition) is 0. The molecule has 1 aromatic heterocycles. The second-order valence-corrected chi connectivity index (χ2v) is 16.6. The van der Waals surface area contributed by atoms with Gasteiger partial charge in [0.25, 0.3) is 0 Å². The highest BCUT2D eigenvalue weighted by molar-refractivity contribution is 5.95. The third-order valence-corrected chi connectivity index (χ3v) is 13.0. The van der Waals surface area contributed by atoms with Crippen LogP contribution in [-0.4, -0.2) is 4.57 Å². The van der Waals surface area contributed by atoms with Gasteiger partial charge in [-0.25, -0.2) is 0 Å². The number of rotatable bonds is 9. The molecule has 2 nitrogen and oxygen atoms in total. The van der Waals surface area contributed by atoms with Gasteiger partial charge in [-0.05, 0) is 137 Å². The highest BCUT2D eigenvalue weighted by atomic mass is 15.1. The van der Waals surface area contributed by atoms with Crippen molar-refractivity contribution < 1.29 is 0 Å². The summed E-state index contributed by atoms with van der Waals surface area (Å²) in [5.74, 6) is 0. The number of fused-ring (bicyclic) bond motifs is 6. The average Bonchev–Trinajstić information content (AvgIpc) is 3.84. The first-order valence-electron chi connectivity index (χ1n) is 22.0. The van der Waals surface area contributed by atoms with Crippen LogP contribution in [0.5, 0.6) is 0 Å². The molecule has 0 spiro atoms. The number of para-hydroxylation sites is 2. The lowest BCUT2D eigenvalue weighted by molar-refractivity contribution is 0.768. The molecule has 0 saturated heterocycles.